The Hall–Kier alpha value is -1.83. The second-order valence-electron chi connectivity index (χ2n) is 4.19. The van der Waals surface area contributed by atoms with Crippen LogP contribution in [-0.4, -0.2) is 58.8 Å². The van der Waals surface area contributed by atoms with Gasteiger partial charge < -0.3 is 26.2 Å². The van der Waals surface area contributed by atoms with Crippen molar-refractivity contribution in [3.05, 3.63) is 0 Å². The number of hydrogen-bond donors (Lipinski definition) is 4. The molecule has 1 aliphatic heterocycles. The molecule has 0 aromatic heterocycles. The van der Waals surface area contributed by atoms with Crippen LogP contribution in [0, 0.1) is 5.92 Å². The lowest BCUT2D eigenvalue weighted by molar-refractivity contribution is -0.139. The highest BCUT2D eigenvalue weighted by Gasteiger charge is 2.31. The molecule has 8 heteroatoms. The number of primary amides is 1. The SMILES string of the molecule is NC(=O)C1CCN(C(=O)N[C@@H](CCO)C(=O)O)C1. The third kappa shape index (κ3) is 3.59. The van der Waals surface area contributed by atoms with E-state index in [2.05, 4.69) is 5.32 Å². The first kappa shape index (κ1) is 14.2. The zero-order valence-electron chi connectivity index (χ0n) is 9.83. The van der Waals surface area contributed by atoms with E-state index < -0.39 is 23.9 Å². The number of hydrogen-bond acceptors (Lipinski definition) is 4. The number of amides is 3. The third-order valence-corrected chi connectivity index (χ3v) is 2.89. The molecule has 0 bridgehead atoms. The molecule has 1 aliphatic rings. The summed E-state index contributed by atoms with van der Waals surface area (Å²) in [6, 6.07) is -1.69. The van der Waals surface area contributed by atoms with Gasteiger partial charge in [0.1, 0.15) is 6.04 Å². The molecular weight excluding hydrogens is 242 g/mol. The maximum atomic E-state index is 11.7. The normalized spacial score (nSPS) is 20.5. The summed E-state index contributed by atoms with van der Waals surface area (Å²) in [6.45, 7) is 0.235. The quantitative estimate of drug-likeness (QED) is 0.469. The van der Waals surface area contributed by atoms with Crippen LogP contribution in [0.3, 0.4) is 0 Å². The predicted molar refractivity (Wildman–Crippen MR) is 60.5 cm³/mol. The predicted octanol–water partition coefficient (Wildman–Crippen LogP) is -1.66. The van der Waals surface area contributed by atoms with Gasteiger partial charge in [0.25, 0.3) is 0 Å². The van der Waals surface area contributed by atoms with E-state index >= 15 is 0 Å². The number of aliphatic hydroxyl groups excluding tert-OH is 1. The Balaban J connectivity index is 2.50. The Kier molecular flexibility index (Phi) is 4.90. The van der Waals surface area contributed by atoms with Gasteiger partial charge >= 0.3 is 12.0 Å². The van der Waals surface area contributed by atoms with Crippen LogP contribution in [0.25, 0.3) is 0 Å². The number of carboxylic acid groups (broad SMARTS) is 1. The molecule has 1 saturated heterocycles. The molecule has 8 nitrogen and oxygen atoms in total. The summed E-state index contributed by atoms with van der Waals surface area (Å²) in [7, 11) is 0. The van der Waals surface area contributed by atoms with Crippen molar-refractivity contribution in [2.75, 3.05) is 19.7 Å². The van der Waals surface area contributed by atoms with Crippen LogP contribution in [0.4, 0.5) is 4.79 Å². The maximum absolute atomic E-state index is 11.7. The molecule has 0 aromatic carbocycles. The summed E-state index contributed by atoms with van der Waals surface area (Å²) >= 11 is 0. The molecule has 1 rings (SSSR count). The maximum Gasteiger partial charge on any atom is 0.326 e. The molecule has 0 aromatic rings. The van der Waals surface area contributed by atoms with Crippen LogP contribution in [0.5, 0.6) is 0 Å². The van der Waals surface area contributed by atoms with Crippen LogP contribution in [0.2, 0.25) is 0 Å². The first-order valence-electron chi connectivity index (χ1n) is 5.64. The van der Waals surface area contributed by atoms with Gasteiger partial charge in [-0.3, -0.25) is 4.79 Å². The fourth-order valence-corrected chi connectivity index (χ4v) is 1.80. The summed E-state index contributed by atoms with van der Waals surface area (Å²) in [4.78, 5) is 34.8. The number of carboxylic acids is 1. The van der Waals surface area contributed by atoms with Gasteiger partial charge in [0.2, 0.25) is 5.91 Å². The highest BCUT2D eigenvalue weighted by molar-refractivity contribution is 5.84. The Morgan fingerprint density at radius 3 is 2.56 bits per heavy atom. The van der Waals surface area contributed by atoms with Crippen molar-refractivity contribution in [2.24, 2.45) is 11.7 Å². The molecule has 1 heterocycles. The summed E-state index contributed by atoms with van der Waals surface area (Å²) in [5, 5.41) is 19.8. The number of urea groups is 1. The number of aliphatic carboxylic acids is 1. The fourth-order valence-electron chi connectivity index (χ4n) is 1.80. The van der Waals surface area contributed by atoms with Crippen LogP contribution >= 0.6 is 0 Å². The molecule has 5 N–H and O–H groups in total. The zero-order chi connectivity index (χ0) is 13.7. The zero-order valence-corrected chi connectivity index (χ0v) is 9.83. The number of rotatable bonds is 5. The number of likely N-dealkylation sites (tertiary alicyclic amines) is 1. The van der Waals surface area contributed by atoms with Gasteiger partial charge in [-0.05, 0) is 6.42 Å². The molecule has 3 amide bonds. The van der Waals surface area contributed by atoms with Gasteiger partial charge in [-0.2, -0.15) is 0 Å². The molecule has 102 valence electrons. The molecule has 1 unspecified atom stereocenters. The van der Waals surface area contributed by atoms with Crippen molar-refractivity contribution in [3.8, 4) is 0 Å². The second kappa shape index (κ2) is 6.20. The summed E-state index contributed by atoms with van der Waals surface area (Å²) in [6.07, 6.45) is 0.425. The third-order valence-electron chi connectivity index (χ3n) is 2.89. The van der Waals surface area contributed by atoms with Crippen LogP contribution in [-0.2, 0) is 9.59 Å². The Bertz CT molecular complexity index is 346. The standard InChI is InChI=1S/C10H17N3O5/c11-8(15)6-1-3-13(5-6)10(18)12-7(2-4-14)9(16)17/h6-7,14H,1-5H2,(H2,11,15)(H,12,18)(H,16,17)/t6?,7-/m0/s1. The number of carbonyl (C=O) groups excluding carboxylic acids is 2. The van der Waals surface area contributed by atoms with Gasteiger partial charge in [-0.25, -0.2) is 9.59 Å². The van der Waals surface area contributed by atoms with E-state index in [1.807, 2.05) is 0 Å². The van der Waals surface area contributed by atoms with Gasteiger partial charge in [0.15, 0.2) is 0 Å². The first-order chi connectivity index (χ1) is 8.45. The fraction of sp³-hybridized carbons (Fsp3) is 0.700. The van der Waals surface area contributed by atoms with Gasteiger partial charge in [0.05, 0.1) is 5.92 Å². The highest BCUT2D eigenvalue weighted by Crippen LogP contribution is 2.15. The van der Waals surface area contributed by atoms with E-state index in [4.69, 9.17) is 15.9 Å². The van der Waals surface area contributed by atoms with Crippen molar-refractivity contribution in [2.45, 2.75) is 18.9 Å². The molecule has 0 radical (unpaired) electrons. The number of nitrogens with zero attached hydrogens (tertiary/aromatic N) is 1. The van der Waals surface area contributed by atoms with E-state index in [0.717, 1.165) is 0 Å². The average Bonchev–Trinajstić information content (AvgIpc) is 2.77. The molecular formula is C10H17N3O5. The van der Waals surface area contributed by atoms with Crippen molar-refractivity contribution >= 4 is 17.9 Å². The molecule has 1 fully saturated rings. The Morgan fingerprint density at radius 1 is 1.44 bits per heavy atom. The number of aliphatic hydroxyl groups is 1. The Morgan fingerprint density at radius 2 is 2.11 bits per heavy atom. The van der Waals surface area contributed by atoms with E-state index in [0.29, 0.717) is 13.0 Å². The van der Waals surface area contributed by atoms with Crippen LogP contribution in [0.15, 0.2) is 0 Å². The highest BCUT2D eigenvalue weighted by atomic mass is 16.4. The van der Waals surface area contributed by atoms with Crippen LogP contribution < -0.4 is 11.1 Å². The topological polar surface area (TPSA) is 133 Å². The van der Waals surface area contributed by atoms with Gasteiger partial charge in [0, 0.05) is 26.1 Å². The lowest BCUT2D eigenvalue weighted by Crippen LogP contribution is -2.47. The minimum absolute atomic E-state index is 0.0613. The second-order valence-corrected chi connectivity index (χ2v) is 4.19. The van der Waals surface area contributed by atoms with Crippen molar-refractivity contribution in [3.63, 3.8) is 0 Å². The first-order valence-corrected chi connectivity index (χ1v) is 5.64. The summed E-state index contributed by atoms with van der Waals surface area (Å²) in [5.74, 6) is -2.05. The Labute approximate surface area is 104 Å². The number of nitrogens with one attached hydrogen (secondary N) is 1. The monoisotopic (exact) mass is 259 g/mol. The van der Waals surface area contributed by atoms with Crippen molar-refractivity contribution in [1.82, 2.24) is 10.2 Å². The van der Waals surface area contributed by atoms with Crippen molar-refractivity contribution in [1.29, 1.82) is 0 Å². The van der Waals surface area contributed by atoms with E-state index in [9.17, 15) is 14.4 Å². The van der Waals surface area contributed by atoms with Crippen molar-refractivity contribution < 1.29 is 24.6 Å². The van der Waals surface area contributed by atoms with E-state index in [1.54, 1.807) is 0 Å². The molecule has 0 saturated carbocycles. The molecule has 0 aliphatic carbocycles. The minimum atomic E-state index is -1.21. The van der Waals surface area contributed by atoms with E-state index in [1.165, 1.54) is 4.90 Å². The largest absolute Gasteiger partial charge is 0.480 e. The molecule has 18 heavy (non-hydrogen) atoms. The van der Waals surface area contributed by atoms with E-state index in [-0.39, 0.29) is 25.5 Å². The smallest absolute Gasteiger partial charge is 0.326 e. The minimum Gasteiger partial charge on any atom is -0.480 e. The number of carbonyl (C=O) groups is 3. The molecule has 0 spiro atoms. The molecule has 2 atom stereocenters. The summed E-state index contributed by atoms with van der Waals surface area (Å²) in [5.41, 5.74) is 5.13. The van der Waals surface area contributed by atoms with Gasteiger partial charge in [-0.15, -0.1) is 0 Å². The number of nitrogens with two attached hydrogens (primary N) is 1. The lowest BCUT2D eigenvalue weighted by atomic mass is 10.1. The van der Waals surface area contributed by atoms with Crippen LogP contribution in [0.1, 0.15) is 12.8 Å². The lowest BCUT2D eigenvalue weighted by Gasteiger charge is -2.20. The average molecular weight is 259 g/mol. The summed E-state index contributed by atoms with van der Waals surface area (Å²) < 4.78 is 0. The van der Waals surface area contributed by atoms with Gasteiger partial charge in [-0.1, -0.05) is 0 Å².